The number of hydrogen-bond acceptors (Lipinski definition) is 6. The molecule has 6 nitrogen and oxygen atoms in total. The number of carbonyl (C=O) groups excluding carboxylic acids is 1. The fraction of sp³-hybridized carbons (Fsp3) is 0.250. The summed E-state index contributed by atoms with van der Waals surface area (Å²) in [6.45, 7) is 2.70. The first-order chi connectivity index (χ1) is 13.8. The van der Waals surface area contributed by atoms with Crippen LogP contribution >= 0.6 is 22.9 Å². The van der Waals surface area contributed by atoms with Gasteiger partial charge in [-0.25, -0.2) is 13.2 Å². The number of fused-ring (bicyclic) bond motifs is 1. The molecule has 0 bridgehead atoms. The highest BCUT2D eigenvalue weighted by molar-refractivity contribution is 7.94. The second-order valence-corrected chi connectivity index (χ2v) is 10.1. The Balaban J connectivity index is 1.58. The molecule has 0 aliphatic carbocycles. The number of rotatable bonds is 5. The number of sulfonamides is 1. The summed E-state index contributed by atoms with van der Waals surface area (Å²) in [4.78, 5) is 12.3. The third-order valence-electron chi connectivity index (χ3n) is 4.61. The van der Waals surface area contributed by atoms with Gasteiger partial charge in [0.15, 0.2) is 0 Å². The lowest BCUT2D eigenvalue weighted by molar-refractivity contribution is 0.0270. The van der Waals surface area contributed by atoms with Crippen LogP contribution in [-0.2, 0) is 19.5 Å². The number of aryl methyl sites for hydroxylation is 1. The number of nitrogens with one attached hydrogen (secondary N) is 1. The van der Waals surface area contributed by atoms with E-state index in [1.54, 1.807) is 43.3 Å². The van der Waals surface area contributed by atoms with Crippen molar-refractivity contribution in [1.29, 1.82) is 0 Å². The van der Waals surface area contributed by atoms with Crippen LogP contribution in [0.5, 0.6) is 0 Å². The second-order valence-electron chi connectivity index (χ2n) is 6.73. The summed E-state index contributed by atoms with van der Waals surface area (Å²) in [7, 11) is -3.83. The monoisotopic (exact) mass is 451 g/mol. The van der Waals surface area contributed by atoms with Crippen molar-refractivity contribution < 1.29 is 22.7 Å². The number of benzene rings is 2. The third-order valence-corrected chi connectivity index (χ3v) is 8.12. The maximum atomic E-state index is 13.0. The quantitative estimate of drug-likeness (QED) is 0.573. The topological polar surface area (TPSA) is 81.7 Å². The number of halogens is 1. The van der Waals surface area contributed by atoms with Crippen molar-refractivity contribution in [2.24, 2.45) is 0 Å². The van der Waals surface area contributed by atoms with E-state index < -0.39 is 16.0 Å². The van der Waals surface area contributed by atoms with E-state index in [-0.39, 0.29) is 21.6 Å². The van der Waals surface area contributed by atoms with Crippen LogP contribution in [0, 0.1) is 6.92 Å². The first-order valence-corrected chi connectivity index (χ1v) is 11.6. The van der Waals surface area contributed by atoms with Crippen LogP contribution in [0.2, 0.25) is 5.02 Å². The van der Waals surface area contributed by atoms with Crippen molar-refractivity contribution in [1.82, 2.24) is 0 Å². The van der Waals surface area contributed by atoms with Crippen molar-refractivity contribution in [2.45, 2.75) is 23.7 Å². The maximum Gasteiger partial charge on any atom is 0.338 e. The summed E-state index contributed by atoms with van der Waals surface area (Å²) in [5.41, 5.74) is 1.20. The molecule has 1 N–H and O–H groups in total. The number of carbonyl (C=O) groups is 1. The third kappa shape index (κ3) is 4.25. The molecule has 0 amide bonds. The van der Waals surface area contributed by atoms with E-state index in [9.17, 15) is 13.2 Å². The highest BCUT2D eigenvalue weighted by Crippen LogP contribution is 2.36. The molecule has 4 rings (SSSR count). The molecule has 29 heavy (non-hydrogen) atoms. The molecule has 1 aliphatic heterocycles. The van der Waals surface area contributed by atoms with E-state index in [1.807, 2.05) is 0 Å². The number of thiophene rings is 1. The number of anilines is 1. The summed E-state index contributed by atoms with van der Waals surface area (Å²) in [6.07, 6.45) is 0.392. The predicted octanol–water partition coefficient (Wildman–Crippen LogP) is 4.61. The Kier molecular flexibility index (Phi) is 5.52. The Labute approximate surface area is 177 Å². The fourth-order valence-electron chi connectivity index (χ4n) is 3.16. The van der Waals surface area contributed by atoms with Gasteiger partial charge in [0.25, 0.3) is 10.0 Å². The Bertz CT molecular complexity index is 1180. The van der Waals surface area contributed by atoms with Gasteiger partial charge in [0.2, 0.25) is 0 Å². The molecule has 2 heterocycles. The minimum Gasteiger partial charge on any atom is -0.456 e. The molecule has 0 saturated carbocycles. The SMILES string of the molecule is Cc1c(S(=O)(=O)Nc2cccc(C(=O)OC3CCOC3)c2)sc2ccc(Cl)cc12. The van der Waals surface area contributed by atoms with Crippen molar-refractivity contribution in [3.05, 3.63) is 58.6 Å². The summed E-state index contributed by atoms with van der Waals surface area (Å²) in [5, 5.41) is 1.35. The van der Waals surface area contributed by atoms with Gasteiger partial charge in [-0.1, -0.05) is 17.7 Å². The van der Waals surface area contributed by atoms with Gasteiger partial charge in [-0.15, -0.1) is 11.3 Å². The van der Waals surface area contributed by atoms with Crippen molar-refractivity contribution in [3.63, 3.8) is 0 Å². The van der Waals surface area contributed by atoms with E-state index in [2.05, 4.69) is 4.72 Å². The van der Waals surface area contributed by atoms with Crippen LogP contribution in [0.3, 0.4) is 0 Å². The molecule has 1 unspecified atom stereocenters. The van der Waals surface area contributed by atoms with Gasteiger partial charge < -0.3 is 9.47 Å². The minimum absolute atomic E-state index is 0.214. The van der Waals surface area contributed by atoms with Gasteiger partial charge in [0.05, 0.1) is 18.8 Å². The van der Waals surface area contributed by atoms with Crippen molar-refractivity contribution in [2.75, 3.05) is 17.9 Å². The molecule has 9 heteroatoms. The lowest BCUT2D eigenvalue weighted by Crippen LogP contribution is -2.18. The zero-order valence-electron chi connectivity index (χ0n) is 15.5. The van der Waals surface area contributed by atoms with Gasteiger partial charge in [-0.05, 0) is 54.3 Å². The Hall–Kier alpha value is -2.13. The zero-order valence-corrected chi connectivity index (χ0v) is 17.9. The van der Waals surface area contributed by atoms with E-state index in [1.165, 1.54) is 17.4 Å². The van der Waals surface area contributed by atoms with Crippen LogP contribution in [-0.4, -0.2) is 33.7 Å². The first kappa shape index (κ1) is 20.2. The largest absolute Gasteiger partial charge is 0.456 e. The van der Waals surface area contributed by atoms with Crippen molar-refractivity contribution in [3.8, 4) is 0 Å². The Morgan fingerprint density at radius 1 is 1.28 bits per heavy atom. The highest BCUT2D eigenvalue weighted by atomic mass is 35.5. The number of ether oxygens (including phenoxy) is 2. The van der Waals surface area contributed by atoms with Crippen LogP contribution in [0.25, 0.3) is 10.1 Å². The molecule has 0 radical (unpaired) electrons. The Morgan fingerprint density at radius 3 is 2.86 bits per heavy atom. The molecule has 3 aromatic rings. The average Bonchev–Trinajstić information content (AvgIpc) is 3.30. The average molecular weight is 452 g/mol. The standard InChI is InChI=1S/C20H18ClNO5S2/c1-12-17-10-14(21)5-6-18(17)28-20(12)29(24,25)22-15-4-2-3-13(9-15)19(23)27-16-7-8-26-11-16/h2-6,9-10,16,22H,7-8,11H2,1H3. The second kappa shape index (κ2) is 7.95. The lowest BCUT2D eigenvalue weighted by atomic mass is 10.2. The molecule has 1 saturated heterocycles. The van der Waals surface area contributed by atoms with Gasteiger partial charge in [0, 0.05) is 21.8 Å². The van der Waals surface area contributed by atoms with Gasteiger partial charge in [0.1, 0.15) is 10.3 Å². The van der Waals surface area contributed by atoms with Crippen LogP contribution in [0.1, 0.15) is 22.3 Å². The number of hydrogen-bond donors (Lipinski definition) is 1. The minimum atomic E-state index is -3.83. The molecular formula is C20H18ClNO5S2. The molecule has 152 valence electrons. The Morgan fingerprint density at radius 2 is 2.10 bits per heavy atom. The summed E-state index contributed by atoms with van der Waals surface area (Å²) >= 11 is 7.22. The van der Waals surface area contributed by atoms with Gasteiger partial charge >= 0.3 is 5.97 Å². The smallest absolute Gasteiger partial charge is 0.338 e. The number of esters is 1. The molecule has 0 spiro atoms. The van der Waals surface area contributed by atoms with E-state index in [0.29, 0.717) is 30.2 Å². The van der Waals surface area contributed by atoms with Crippen LogP contribution in [0.15, 0.2) is 46.7 Å². The van der Waals surface area contributed by atoms with Gasteiger partial charge in [-0.2, -0.15) is 0 Å². The van der Waals surface area contributed by atoms with Crippen molar-refractivity contribution >= 4 is 54.7 Å². The molecular weight excluding hydrogens is 434 g/mol. The summed E-state index contributed by atoms with van der Waals surface area (Å²) in [5.74, 6) is -0.505. The summed E-state index contributed by atoms with van der Waals surface area (Å²) < 4.78 is 40.1. The fourth-order valence-corrected chi connectivity index (χ4v) is 6.13. The van der Waals surface area contributed by atoms with Gasteiger partial charge in [-0.3, -0.25) is 4.72 Å². The maximum absolute atomic E-state index is 13.0. The van der Waals surface area contributed by atoms with Crippen LogP contribution < -0.4 is 4.72 Å². The normalized spacial score (nSPS) is 16.8. The predicted molar refractivity (Wildman–Crippen MR) is 113 cm³/mol. The molecule has 1 aromatic heterocycles. The van der Waals surface area contributed by atoms with Crippen LogP contribution in [0.4, 0.5) is 5.69 Å². The highest BCUT2D eigenvalue weighted by Gasteiger charge is 2.24. The van der Waals surface area contributed by atoms with E-state index in [0.717, 1.165) is 10.1 Å². The molecule has 1 fully saturated rings. The summed E-state index contributed by atoms with van der Waals surface area (Å²) in [6, 6.07) is 11.5. The molecule has 1 atom stereocenters. The van der Waals surface area contributed by atoms with E-state index in [4.69, 9.17) is 21.1 Å². The lowest BCUT2D eigenvalue weighted by Gasteiger charge is -2.12. The molecule has 2 aromatic carbocycles. The van der Waals surface area contributed by atoms with E-state index >= 15 is 0 Å². The zero-order chi connectivity index (χ0) is 20.6. The first-order valence-electron chi connectivity index (χ1n) is 8.94. The molecule has 1 aliphatic rings.